The molecule has 3 aliphatic rings. The molecule has 12 heteroatoms. The Morgan fingerprint density at radius 3 is 2.56 bits per heavy atom. The minimum Gasteiger partial charge on any atom is -0.478 e. The Balaban J connectivity index is 1.10. The van der Waals surface area contributed by atoms with E-state index in [2.05, 4.69) is 19.9 Å². The second-order valence-electron chi connectivity index (χ2n) is 11.0. The molecule has 9 nitrogen and oxygen atoms in total. The number of hydrogen-bond donors (Lipinski definition) is 1. The lowest BCUT2D eigenvalue weighted by molar-refractivity contribution is -0.274. The van der Waals surface area contributed by atoms with Crippen LogP contribution in [-0.2, 0) is 11.3 Å². The van der Waals surface area contributed by atoms with Crippen molar-refractivity contribution in [3.05, 3.63) is 65.7 Å². The minimum atomic E-state index is -4.83. The number of carbonyl (C=O) groups is 1. The molecular formula is C29H27F3N4O5. The summed E-state index contributed by atoms with van der Waals surface area (Å²) in [5, 5.41) is 17.8. The number of fused-ring (bicyclic) bond motifs is 3. The number of aromatic carboxylic acids is 1. The van der Waals surface area contributed by atoms with Crippen LogP contribution in [0.25, 0.3) is 16.8 Å². The van der Waals surface area contributed by atoms with Crippen LogP contribution >= 0.6 is 0 Å². The Hall–Kier alpha value is -4.06. The van der Waals surface area contributed by atoms with Crippen LogP contribution in [0.2, 0.25) is 0 Å². The van der Waals surface area contributed by atoms with Gasteiger partial charge in [-0.05, 0) is 62.8 Å². The standard InChI is InChI=1S/C29H27F3N4O5/c30-29(31,32)40-25-4-2-1-3-21(25)26-23(27(41-34-26)16-5-6-16)15-39-20-11-17-7-8-18(12-20)36(17)19-9-10-35-24(13-19)22(14-33-35)28(37)38/h1-4,9-10,13-14,16-18,20H,5-8,11-12,15H2,(H,37,38). The van der Waals surface area contributed by atoms with Crippen molar-refractivity contribution in [1.29, 1.82) is 0 Å². The summed E-state index contributed by atoms with van der Waals surface area (Å²) in [6.07, 6.45) is 3.69. The zero-order chi connectivity index (χ0) is 28.3. The van der Waals surface area contributed by atoms with Crippen LogP contribution in [0.5, 0.6) is 5.75 Å². The number of rotatable bonds is 8. The van der Waals surface area contributed by atoms with E-state index in [4.69, 9.17) is 9.26 Å². The molecule has 7 rings (SSSR count). The summed E-state index contributed by atoms with van der Waals surface area (Å²) in [4.78, 5) is 14.0. The van der Waals surface area contributed by atoms with Gasteiger partial charge in [-0.25, -0.2) is 9.31 Å². The number of piperidine rings is 1. The van der Waals surface area contributed by atoms with Crippen LogP contribution in [0.4, 0.5) is 18.9 Å². The molecular weight excluding hydrogens is 541 g/mol. The first-order valence-electron chi connectivity index (χ1n) is 13.7. The first-order valence-corrected chi connectivity index (χ1v) is 13.7. The van der Waals surface area contributed by atoms with Crippen molar-refractivity contribution < 1.29 is 37.1 Å². The Bertz CT molecular complexity index is 1600. The number of carboxylic acids is 1. The van der Waals surface area contributed by atoms with Crippen molar-refractivity contribution in [3.8, 4) is 17.0 Å². The molecule has 1 N–H and O–H groups in total. The summed E-state index contributed by atoms with van der Waals surface area (Å²) in [7, 11) is 0. The van der Waals surface area contributed by atoms with E-state index in [-0.39, 0.29) is 47.6 Å². The van der Waals surface area contributed by atoms with E-state index in [0.29, 0.717) is 22.5 Å². The lowest BCUT2D eigenvalue weighted by atomic mass is 9.98. The fourth-order valence-corrected chi connectivity index (χ4v) is 6.40. The van der Waals surface area contributed by atoms with E-state index >= 15 is 0 Å². The molecule has 1 aliphatic carbocycles. The number of benzene rings is 1. The largest absolute Gasteiger partial charge is 0.573 e. The Morgan fingerprint density at radius 2 is 1.85 bits per heavy atom. The quantitative estimate of drug-likeness (QED) is 0.269. The molecule has 2 aliphatic heterocycles. The van der Waals surface area contributed by atoms with Crippen LogP contribution in [0.15, 0.2) is 53.3 Å². The Morgan fingerprint density at radius 1 is 1.10 bits per heavy atom. The van der Waals surface area contributed by atoms with Crippen molar-refractivity contribution in [2.45, 2.75) is 75.6 Å². The second kappa shape index (κ2) is 9.79. The molecule has 3 aromatic heterocycles. The maximum Gasteiger partial charge on any atom is 0.573 e. The van der Waals surface area contributed by atoms with E-state index in [9.17, 15) is 23.1 Å². The van der Waals surface area contributed by atoms with Crippen LogP contribution in [0, 0.1) is 0 Å². The van der Waals surface area contributed by atoms with E-state index < -0.39 is 12.3 Å². The highest BCUT2D eigenvalue weighted by Crippen LogP contribution is 2.46. The van der Waals surface area contributed by atoms with Gasteiger partial charge in [0.15, 0.2) is 0 Å². The number of para-hydroxylation sites is 1. The third kappa shape index (κ3) is 4.90. The molecule has 0 radical (unpaired) electrons. The molecule has 2 unspecified atom stereocenters. The van der Waals surface area contributed by atoms with Crippen molar-refractivity contribution in [2.75, 3.05) is 4.90 Å². The van der Waals surface area contributed by atoms with Gasteiger partial charge in [0.05, 0.1) is 24.4 Å². The van der Waals surface area contributed by atoms with Gasteiger partial charge in [-0.2, -0.15) is 5.10 Å². The predicted molar refractivity (Wildman–Crippen MR) is 140 cm³/mol. The van der Waals surface area contributed by atoms with Crippen molar-refractivity contribution in [2.24, 2.45) is 0 Å². The highest BCUT2D eigenvalue weighted by Gasteiger charge is 2.42. The summed E-state index contributed by atoms with van der Waals surface area (Å²) in [6.45, 7) is 0.179. The zero-order valence-electron chi connectivity index (χ0n) is 21.9. The summed E-state index contributed by atoms with van der Waals surface area (Å²) < 4.78 is 57.2. The molecule has 1 aromatic carbocycles. The maximum absolute atomic E-state index is 13.1. The normalized spacial score (nSPS) is 22.4. The van der Waals surface area contributed by atoms with E-state index in [1.165, 1.54) is 18.3 Å². The SMILES string of the molecule is O=C(O)c1cnn2ccc(N3C4CCC3CC(OCc3c(-c5ccccc5OC(F)(F)F)noc3C3CC3)C4)cc12. The van der Waals surface area contributed by atoms with Gasteiger partial charge in [-0.1, -0.05) is 17.3 Å². The van der Waals surface area contributed by atoms with Gasteiger partial charge in [0.2, 0.25) is 0 Å². The van der Waals surface area contributed by atoms with E-state index in [1.807, 2.05) is 12.1 Å². The molecule has 2 atom stereocenters. The van der Waals surface area contributed by atoms with Crippen molar-refractivity contribution in [1.82, 2.24) is 14.8 Å². The smallest absolute Gasteiger partial charge is 0.478 e. The molecule has 0 amide bonds. The molecule has 5 heterocycles. The molecule has 0 spiro atoms. The number of ether oxygens (including phenoxy) is 2. The van der Waals surface area contributed by atoms with Gasteiger partial charge in [0.1, 0.15) is 22.8 Å². The summed E-state index contributed by atoms with van der Waals surface area (Å²) in [6, 6.07) is 10.2. The first-order chi connectivity index (χ1) is 19.7. The Labute approximate surface area is 232 Å². The van der Waals surface area contributed by atoms with Gasteiger partial charge in [-0.15, -0.1) is 13.2 Å². The van der Waals surface area contributed by atoms with E-state index in [0.717, 1.165) is 44.2 Å². The fourth-order valence-electron chi connectivity index (χ4n) is 6.40. The number of pyridine rings is 1. The van der Waals surface area contributed by atoms with Gasteiger partial charge < -0.3 is 24.0 Å². The fraction of sp³-hybridized carbons (Fsp3) is 0.414. The van der Waals surface area contributed by atoms with Crippen LogP contribution in [0.3, 0.4) is 0 Å². The third-order valence-corrected chi connectivity index (χ3v) is 8.32. The summed E-state index contributed by atoms with van der Waals surface area (Å²) in [5.41, 5.74) is 2.88. The van der Waals surface area contributed by atoms with Crippen molar-refractivity contribution in [3.63, 3.8) is 0 Å². The molecule has 4 aromatic rings. The minimum absolute atomic E-state index is 0.0477. The molecule has 1 saturated carbocycles. The van der Waals surface area contributed by atoms with Gasteiger partial charge in [0, 0.05) is 41.0 Å². The number of halogens is 3. The van der Waals surface area contributed by atoms with Gasteiger partial charge in [-0.3, -0.25) is 0 Å². The Kier molecular flexibility index (Phi) is 6.18. The predicted octanol–water partition coefficient (Wildman–Crippen LogP) is 6.18. The summed E-state index contributed by atoms with van der Waals surface area (Å²) >= 11 is 0. The third-order valence-electron chi connectivity index (χ3n) is 8.32. The molecule has 3 fully saturated rings. The molecule has 41 heavy (non-hydrogen) atoms. The van der Waals surface area contributed by atoms with Crippen LogP contribution in [-0.4, -0.2) is 50.4 Å². The average Bonchev–Trinajstić information content (AvgIpc) is 3.44. The number of nitrogens with zero attached hydrogens (tertiary/aromatic N) is 4. The average molecular weight is 569 g/mol. The maximum atomic E-state index is 13.1. The van der Waals surface area contributed by atoms with Crippen LogP contribution < -0.4 is 9.64 Å². The topological polar surface area (TPSA) is 102 Å². The second-order valence-corrected chi connectivity index (χ2v) is 11.0. The number of hydrogen-bond acceptors (Lipinski definition) is 7. The van der Waals surface area contributed by atoms with Gasteiger partial charge in [0.25, 0.3) is 0 Å². The lowest BCUT2D eigenvalue weighted by Crippen LogP contribution is -2.45. The molecule has 2 bridgehead atoms. The van der Waals surface area contributed by atoms with Crippen molar-refractivity contribution >= 4 is 17.2 Å². The summed E-state index contributed by atoms with van der Waals surface area (Å²) in [5.74, 6) is -0.480. The molecule has 2 saturated heterocycles. The number of carboxylic acid groups (broad SMARTS) is 1. The van der Waals surface area contributed by atoms with Gasteiger partial charge >= 0.3 is 12.3 Å². The highest BCUT2D eigenvalue weighted by atomic mass is 19.4. The highest BCUT2D eigenvalue weighted by molar-refractivity contribution is 5.96. The number of alkyl halides is 3. The first kappa shape index (κ1) is 25.9. The zero-order valence-corrected chi connectivity index (χ0v) is 21.9. The molecule has 214 valence electrons. The van der Waals surface area contributed by atoms with Crippen LogP contribution in [0.1, 0.15) is 66.1 Å². The van der Waals surface area contributed by atoms with E-state index in [1.54, 1.807) is 22.8 Å². The lowest BCUT2D eigenvalue weighted by Gasteiger charge is -2.40. The monoisotopic (exact) mass is 568 g/mol. The number of aromatic nitrogens is 3. The number of anilines is 1.